The molecule has 0 aliphatic heterocycles. The van der Waals surface area contributed by atoms with Crippen molar-refractivity contribution in [3.8, 4) is 55.6 Å². The lowest BCUT2D eigenvalue weighted by Crippen LogP contribution is -1.96. The largest absolute Gasteiger partial charge is 0.0808 e. The Bertz CT molecular complexity index is 1980. The normalized spacial score (nSPS) is 14.3. The molecule has 1 unspecified atom stereocenters. The average molecular weight is 579 g/mol. The van der Waals surface area contributed by atoms with E-state index in [9.17, 15) is 0 Å². The first-order valence-corrected chi connectivity index (χ1v) is 16.0. The number of rotatable bonds is 6. The molecule has 0 nitrogen and oxygen atoms in total. The van der Waals surface area contributed by atoms with Gasteiger partial charge in [0.15, 0.2) is 0 Å². The first-order valence-electron chi connectivity index (χ1n) is 16.0. The predicted octanol–water partition coefficient (Wildman–Crippen LogP) is 12.6. The molecule has 7 rings (SSSR count). The Morgan fingerprint density at radius 3 is 1.62 bits per heavy atom. The molecule has 0 saturated heterocycles. The number of hydrogen-bond acceptors (Lipinski definition) is 0. The Hall–Kier alpha value is -5.20. The smallest absolute Gasteiger partial charge is 0.0102 e. The van der Waals surface area contributed by atoms with Crippen LogP contribution in [0.15, 0.2) is 158 Å². The van der Waals surface area contributed by atoms with E-state index in [1.54, 1.807) is 0 Å². The highest BCUT2D eigenvalue weighted by atomic mass is 14.2. The molecule has 0 heteroatoms. The van der Waals surface area contributed by atoms with Crippen molar-refractivity contribution >= 4 is 5.57 Å². The summed E-state index contributed by atoms with van der Waals surface area (Å²) in [6, 6.07) is 51.0. The fourth-order valence-corrected chi connectivity index (χ4v) is 6.60. The van der Waals surface area contributed by atoms with Crippen molar-refractivity contribution in [1.29, 1.82) is 0 Å². The molecular weight excluding hydrogens is 540 g/mol. The number of hydrogen-bond donors (Lipinski definition) is 0. The van der Waals surface area contributed by atoms with E-state index in [1.807, 2.05) is 0 Å². The summed E-state index contributed by atoms with van der Waals surface area (Å²) in [5.74, 6) is 0.604. The monoisotopic (exact) mass is 578 g/mol. The van der Waals surface area contributed by atoms with Crippen molar-refractivity contribution in [2.75, 3.05) is 0 Å². The third-order valence-electron chi connectivity index (χ3n) is 9.18. The van der Waals surface area contributed by atoms with Crippen molar-refractivity contribution in [1.82, 2.24) is 0 Å². The van der Waals surface area contributed by atoms with E-state index >= 15 is 0 Å². The maximum Gasteiger partial charge on any atom is -0.0102 e. The molecule has 0 saturated carbocycles. The van der Waals surface area contributed by atoms with E-state index in [0.29, 0.717) is 5.92 Å². The molecule has 0 heterocycles. The quantitative estimate of drug-likeness (QED) is 0.184. The number of allylic oxidation sites excluding steroid dienone is 4. The van der Waals surface area contributed by atoms with Gasteiger partial charge in [-0.25, -0.2) is 0 Å². The average Bonchev–Trinajstić information content (AvgIpc) is 3.10. The van der Waals surface area contributed by atoms with Gasteiger partial charge in [0, 0.05) is 0 Å². The number of aryl methyl sites for hydroxylation is 1. The lowest BCUT2D eigenvalue weighted by Gasteiger charge is -2.19. The second kappa shape index (κ2) is 12.4. The van der Waals surface area contributed by atoms with Gasteiger partial charge < -0.3 is 0 Å². The molecular formula is C45H38. The Balaban J connectivity index is 1.36. The van der Waals surface area contributed by atoms with Gasteiger partial charge in [-0.15, -0.1) is 0 Å². The fourth-order valence-electron chi connectivity index (χ4n) is 6.60. The van der Waals surface area contributed by atoms with E-state index in [1.165, 1.54) is 77.9 Å². The minimum atomic E-state index is 0.604. The van der Waals surface area contributed by atoms with Crippen molar-refractivity contribution in [2.24, 2.45) is 5.92 Å². The molecule has 6 aromatic rings. The topological polar surface area (TPSA) is 0 Å². The molecule has 0 N–H and O–H groups in total. The van der Waals surface area contributed by atoms with Gasteiger partial charge in [0.2, 0.25) is 0 Å². The van der Waals surface area contributed by atoms with Crippen LogP contribution in [-0.4, -0.2) is 0 Å². The summed E-state index contributed by atoms with van der Waals surface area (Å²) in [6.07, 6.45) is 8.09. The summed E-state index contributed by atoms with van der Waals surface area (Å²) in [4.78, 5) is 0. The second-order valence-electron chi connectivity index (χ2n) is 12.3. The maximum atomic E-state index is 2.38. The van der Waals surface area contributed by atoms with Gasteiger partial charge in [-0.05, 0) is 128 Å². The molecule has 0 amide bonds. The van der Waals surface area contributed by atoms with E-state index in [4.69, 9.17) is 0 Å². The molecule has 0 bridgehead atoms. The number of benzene rings is 6. The van der Waals surface area contributed by atoms with Gasteiger partial charge in [0.1, 0.15) is 0 Å². The Kier molecular flexibility index (Phi) is 7.89. The van der Waals surface area contributed by atoms with Crippen LogP contribution in [0.4, 0.5) is 0 Å². The van der Waals surface area contributed by atoms with Crippen LogP contribution in [0.25, 0.3) is 61.2 Å². The van der Waals surface area contributed by atoms with Crippen molar-refractivity contribution in [3.63, 3.8) is 0 Å². The van der Waals surface area contributed by atoms with Crippen LogP contribution in [0.5, 0.6) is 0 Å². The lowest BCUT2D eigenvalue weighted by atomic mass is 9.85. The zero-order valence-electron chi connectivity index (χ0n) is 26.3. The summed E-state index contributed by atoms with van der Waals surface area (Å²) >= 11 is 0. The third kappa shape index (κ3) is 5.85. The SMILES string of the molecule is Cc1ccc(C2=CCC(C)C=C2)cc1-c1ccccc1-c1cccc(-c2cc(-c3ccccc3)cc(-c3ccccc3)c2)c1C. The molecule has 0 fully saturated rings. The van der Waals surface area contributed by atoms with Crippen LogP contribution in [0.1, 0.15) is 30.0 Å². The summed E-state index contributed by atoms with van der Waals surface area (Å²) in [5, 5.41) is 0. The van der Waals surface area contributed by atoms with Gasteiger partial charge >= 0.3 is 0 Å². The highest BCUT2D eigenvalue weighted by molar-refractivity contribution is 5.91. The van der Waals surface area contributed by atoms with Gasteiger partial charge in [0.05, 0.1) is 0 Å². The third-order valence-corrected chi connectivity index (χ3v) is 9.18. The molecule has 1 aliphatic carbocycles. The van der Waals surface area contributed by atoms with Crippen molar-refractivity contribution in [3.05, 3.63) is 174 Å². The standard InChI is InChI=1S/C45H38/c1-31-21-24-36(25-22-31)37-26-23-32(2)45(30-37)44-18-11-10-17-43(44)42-20-12-19-41(33(42)3)40-28-38(34-13-6-4-7-14-34)27-39(29-40)35-15-8-5-9-16-35/h4-21,23-31H,22H2,1-3H3. The maximum absolute atomic E-state index is 2.38. The highest BCUT2D eigenvalue weighted by Gasteiger charge is 2.16. The van der Waals surface area contributed by atoms with Crippen molar-refractivity contribution in [2.45, 2.75) is 27.2 Å². The molecule has 0 aromatic heterocycles. The zero-order valence-corrected chi connectivity index (χ0v) is 26.3. The molecule has 6 aromatic carbocycles. The molecule has 1 aliphatic rings. The predicted molar refractivity (Wildman–Crippen MR) is 194 cm³/mol. The van der Waals surface area contributed by atoms with Crippen LogP contribution in [0.2, 0.25) is 0 Å². The minimum Gasteiger partial charge on any atom is -0.0808 e. The Morgan fingerprint density at radius 1 is 0.444 bits per heavy atom. The summed E-state index contributed by atoms with van der Waals surface area (Å²) in [7, 11) is 0. The first kappa shape index (κ1) is 28.6. The Labute approximate surface area is 268 Å². The summed E-state index contributed by atoms with van der Waals surface area (Å²) < 4.78 is 0. The summed E-state index contributed by atoms with van der Waals surface area (Å²) in [6.45, 7) is 6.78. The van der Waals surface area contributed by atoms with E-state index in [2.05, 4.69) is 179 Å². The molecule has 1 atom stereocenters. The van der Waals surface area contributed by atoms with Crippen molar-refractivity contribution < 1.29 is 0 Å². The second-order valence-corrected chi connectivity index (χ2v) is 12.3. The van der Waals surface area contributed by atoms with E-state index in [0.717, 1.165) is 6.42 Å². The van der Waals surface area contributed by atoms with E-state index in [-0.39, 0.29) is 0 Å². The zero-order chi connectivity index (χ0) is 30.8. The Morgan fingerprint density at radius 2 is 1.00 bits per heavy atom. The van der Waals surface area contributed by atoms with Gasteiger partial charge in [0.25, 0.3) is 0 Å². The van der Waals surface area contributed by atoms with Crippen LogP contribution in [0, 0.1) is 19.8 Å². The van der Waals surface area contributed by atoms with Crippen LogP contribution < -0.4 is 0 Å². The minimum absolute atomic E-state index is 0.604. The fraction of sp³-hybridized carbons (Fsp3) is 0.111. The van der Waals surface area contributed by atoms with E-state index < -0.39 is 0 Å². The van der Waals surface area contributed by atoms with Crippen LogP contribution in [0.3, 0.4) is 0 Å². The summed E-state index contributed by atoms with van der Waals surface area (Å²) in [5.41, 5.74) is 17.7. The van der Waals surface area contributed by atoms with Crippen LogP contribution in [-0.2, 0) is 0 Å². The highest BCUT2D eigenvalue weighted by Crippen LogP contribution is 2.41. The molecule has 0 radical (unpaired) electrons. The molecule has 218 valence electrons. The van der Waals surface area contributed by atoms with Gasteiger partial charge in [-0.1, -0.05) is 140 Å². The molecule has 0 spiro atoms. The van der Waals surface area contributed by atoms with Gasteiger partial charge in [-0.2, -0.15) is 0 Å². The first-order chi connectivity index (χ1) is 22.0. The lowest BCUT2D eigenvalue weighted by molar-refractivity contribution is 0.739. The molecule has 45 heavy (non-hydrogen) atoms. The van der Waals surface area contributed by atoms with Gasteiger partial charge in [-0.3, -0.25) is 0 Å². The van der Waals surface area contributed by atoms with Crippen LogP contribution >= 0.6 is 0 Å².